The Balaban J connectivity index is 1.92. The van der Waals surface area contributed by atoms with Gasteiger partial charge in [-0.05, 0) is 57.2 Å². The molecule has 0 saturated carbocycles. The van der Waals surface area contributed by atoms with Crippen molar-refractivity contribution >= 4 is 5.78 Å². The van der Waals surface area contributed by atoms with Crippen molar-refractivity contribution in [1.82, 2.24) is 9.47 Å². The van der Waals surface area contributed by atoms with E-state index >= 15 is 0 Å². The largest absolute Gasteiger partial charge is 0.416 e. The van der Waals surface area contributed by atoms with Crippen molar-refractivity contribution in [2.24, 2.45) is 0 Å². The lowest BCUT2D eigenvalue weighted by molar-refractivity contribution is -0.137. The second kappa shape index (κ2) is 9.52. The van der Waals surface area contributed by atoms with Gasteiger partial charge in [-0.2, -0.15) is 13.2 Å². The van der Waals surface area contributed by atoms with Gasteiger partial charge in [0.1, 0.15) is 0 Å². The highest BCUT2D eigenvalue weighted by Crippen LogP contribution is 2.31. The maximum Gasteiger partial charge on any atom is 0.416 e. The predicted octanol–water partition coefficient (Wildman–Crippen LogP) is 5.86. The van der Waals surface area contributed by atoms with E-state index in [4.69, 9.17) is 0 Å². The van der Waals surface area contributed by atoms with E-state index < -0.39 is 11.7 Å². The number of Topliss-reactive ketones (excluding diaryl/α,β-unsaturated/α-hetero) is 1. The number of carbonyl (C=O) groups is 1. The number of hydrogen-bond donors (Lipinski definition) is 0. The zero-order valence-electron chi connectivity index (χ0n) is 18.0. The molecule has 0 atom stereocenters. The summed E-state index contributed by atoms with van der Waals surface area (Å²) in [5.74, 6) is -0.180. The summed E-state index contributed by atoms with van der Waals surface area (Å²) in [6.45, 7) is 3.58. The molecule has 0 fully saturated rings. The highest BCUT2D eigenvalue weighted by atomic mass is 19.4. The highest BCUT2D eigenvalue weighted by molar-refractivity contribution is 6.00. The van der Waals surface area contributed by atoms with Gasteiger partial charge in [0.25, 0.3) is 0 Å². The molecule has 1 aromatic heterocycles. The first-order valence-corrected chi connectivity index (χ1v) is 10.3. The van der Waals surface area contributed by atoms with Crippen molar-refractivity contribution in [3.63, 3.8) is 0 Å². The van der Waals surface area contributed by atoms with Gasteiger partial charge in [-0.3, -0.25) is 4.79 Å². The van der Waals surface area contributed by atoms with Crippen molar-refractivity contribution < 1.29 is 18.0 Å². The summed E-state index contributed by atoms with van der Waals surface area (Å²) >= 11 is 0. The predicted molar refractivity (Wildman–Crippen MR) is 117 cm³/mol. The van der Waals surface area contributed by atoms with Crippen LogP contribution in [-0.2, 0) is 19.1 Å². The lowest BCUT2D eigenvalue weighted by atomic mass is 10.0. The van der Waals surface area contributed by atoms with E-state index in [0.29, 0.717) is 11.1 Å². The van der Waals surface area contributed by atoms with Crippen LogP contribution in [0.4, 0.5) is 13.2 Å². The molecule has 0 bridgehead atoms. The third-order valence-electron chi connectivity index (χ3n) is 5.34. The summed E-state index contributed by atoms with van der Waals surface area (Å²) < 4.78 is 41.2. The Bertz CT molecular complexity index is 1040. The van der Waals surface area contributed by atoms with Crippen LogP contribution in [0.2, 0.25) is 0 Å². The Morgan fingerprint density at radius 1 is 1.00 bits per heavy atom. The van der Waals surface area contributed by atoms with Crippen LogP contribution in [0.25, 0.3) is 11.3 Å². The second-order valence-electron chi connectivity index (χ2n) is 8.00. The minimum absolute atomic E-state index is 0.0687. The molecule has 164 valence electrons. The van der Waals surface area contributed by atoms with E-state index in [1.165, 1.54) is 6.07 Å². The zero-order valence-corrected chi connectivity index (χ0v) is 18.0. The van der Waals surface area contributed by atoms with E-state index in [0.717, 1.165) is 48.6 Å². The van der Waals surface area contributed by atoms with Crippen molar-refractivity contribution in [3.05, 3.63) is 83.0 Å². The molecule has 31 heavy (non-hydrogen) atoms. The fourth-order valence-corrected chi connectivity index (χ4v) is 3.75. The molecule has 2 aromatic carbocycles. The van der Waals surface area contributed by atoms with Gasteiger partial charge >= 0.3 is 6.18 Å². The summed E-state index contributed by atoms with van der Waals surface area (Å²) in [4.78, 5) is 15.2. The molecule has 0 aliphatic carbocycles. The molecule has 0 aliphatic rings. The fourth-order valence-electron chi connectivity index (χ4n) is 3.75. The minimum atomic E-state index is -4.43. The molecular formula is C25H27F3N2O. The number of hydrogen-bond acceptors (Lipinski definition) is 2. The topological polar surface area (TPSA) is 25.2 Å². The van der Waals surface area contributed by atoms with Crippen LogP contribution in [0.15, 0.2) is 60.7 Å². The Labute approximate surface area is 181 Å². The highest BCUT2D eigenvalue weighted by Gasteiger charge is 2.30. The monoisotopic (exact) mass is 428 g/mol. The van der Waals surface area contributed by atoms with Gasteiger partial charge in [0.05, 0.1) is 5.56 Å². The SMILES string of the molecule is Cc1c(C(=O)Cc2cccc(C(F)(F)F)c2)cc(-c2ccccc2)n1CCCN(C)C. The van der Waals surface area contributed by atoms with E-state index in [2.05, 4.69) is 9.47 Å². The third kappa shape index (κ3) is 5.64. The van der Waals surface area contributed by atoms with Gasteiger partial charge in [0.2, 0.25) is 0 Å². The first kappa shape index (κ1) is 22.8. The molecule has 6 heteroatoms. The van der Waals surface area contributed by atoms with E-state index in [1.807, 2.05) is 57.4 Å². The zero-order chi connectivity index (χ0) is 22.6. The third-order valence-corrected chi connectivity index (χ3v) is 5.34. The lowest BCUT2D eigenvalue weighted by Gasteiger charge is -2.14. The smallest absolute Gasteiger partial charge is 0.344 e. The quantitative estimate of drug-likeness (QED) is 0.420. The number of carbonyl (C=O) groups excluding carboxylic acids is 1. The van der Waals surface area contributed by atoms with E-state index in [-0.39, 0.29) is 12.2 Å². The summed E-state index contributed by atoms with van der Waals surface area (Å²) in [7, 11) is 4.04. The fraction of sp³-hybridized carbons (Fsp3) is 0.320. The van der Waals surface area contributed by atoms with E-state index in [1.54, 1.807) is 6.07 Å². The van der Waals surface area contributed by atoms with Crippen LogP contribution in [0, 0.1) is 6.92 Å². The average molecular weight is 428 g/mol. The van der Waals surface area contributed by atoms with Crippen LogP contribution in [0.3, 0.4) is 0 Å². The molecule has 0 unspecified atom stereocenters. The Hall–Kier alpha value is -2.86. The molecule has 3 rings (SSSR count). The van der Waals surface area contributed by atoms with Crippen LogP contribution >= 0.6 is 0 Å². The van der Waals surface area contributed by atoms with Crippen LogP contribution < -0.4 is 0 Å². The molecule has 0 radical (unpaired) electrons. The number of alkyl halides is 3. The van der Waals surface area contributed by atoms with Gasteiger partial charge in [-0.1, -0.05) is 48.5 Å². The van der Waals surface area contributed by atoms with Crippen molar-refractivity contribution in [1.29, 1.82) is 0 Å². The summed E-state index contributed by atoms with van der Waals surface area (Å²) in [6.07, 6.45) is -3.57. The molecular weight excluding hydrogens is 401 g/mol. The number of rotatable bonds is 8. The Morgan fingerprint density at radius 2 is 1.71 bits per heavy atom. The second-order valence-corrected chi connectivity index (χ2v) is 8.00. The molecule has 0 spiro atoms. The van der Waals surface area contributed by atoms with Crippen LogP contribution in [-0.4, -0.2) is 35.9 Å². The molecule has 0 saturated heterocycles. The van der Waals surface area contributed by atoms with Gasteiger partial charge in [0.15, 0.2) is 5.78 Å². The van der Waals surface area contributed by atoms with Gasteiger partial charge in [-0.25, -0.2) is 0 Å². The Kier molecular flexibility index (Phi) is 7.01. The minimum Gasteiger partial charge on any atom is -0.344 e. The summed E-state index contributed by atoms with van der Waals surface area (Å²) in [5, 5.41) is 0. The molecule has 0 amide bonds. The van der Waals surface area contributed by atoms with Crippen molar-refractivity contribution in [2.45, 2.75) is 32.5 Å². The van der Waals surface area contributed by atoms with Gasteiger partial charge < -0.3 is 9.47 Å². The molecule has 0 aliphatic heterocycles. The normalized spacial score (nSPS) is 11.8. The van der Waals surface area contributed by atoms with Crippen molar-refractivity contribution in [2.75, 3.05) is 20.6 Å². The number of ketones is 1. The van der Waals surface area contributed by atoms with Gasteiger partial charge in [-0.15, -0.1) is 0 Å². The van der Waals surface area contributed by atoms with Gasteiger partial charge in [0, 0.05) is 29.9 Å². The van der Waals surface area contributed by atoms with Crippen molar-refractivity contribution in [3.8, 4) is 11.3 Å². The Morgan fingerprint density at radius 3 is 2.35 bits per heavy atom. The van der Waals surface area contributed by atoms with Crippen LogP contribution in [0.5, 0.6) is 0 Å². The number of nitrogens with zero attached hydrogens (tertiary/aromatic N) is 2. The molecule has 3 aromatic rings. The average Bonchev–Trinajstić information content (AvgIpc) is 3.04. The molecule has 3 nitrogen and oxygen atoms in total. The first-order chi connectivity index (χ1) is 14.7. The maximum absolute atomic E-state index is 13.1. The van der Waals surface area contributed by atoms with E-state index in [9.17, 15) is 18.0 Å². The first-order valence-electron chi connectivity index (χ1n) is 10.3. The summed E-state index contributed by atoms with van der Waals surface area (Å²) in [6, 6.07) is 16.7. The molecule has 0 N–H and O–H groups in total. The number of benzene rings is 2. The molecule has 1 heterocycles. The lowest BCUT2D eigenvalue weighted by Crippen LogP contribution is -2.16. The summed E-state index contributed by atoms with van der Waals surface area (Å²) in [5.41, 5.74) is 2.98. The van der Waals surface area contributed by atoms with Crippen LogP contribution in [0.1, 0.15) is 33.6 Å². The number of halogens is 3. The maximum atomic E-state index is 13.1. The number of aromatic nitrogens is 1. The standard InChI is InChI=1S/C25H27F3N2O/c1-18-22(24(31)16-19-9-7-12-21(15-19)25(26,27)28)17-23(20-10-5-4-6-11-20)30(18)14-8-13-29(2)3/h4-7,9-12,15,17H,8,13-14,16H2,1-3H3.